The van der Waals surface area contributed by atoms with Gasteiger partial charge in [-0.1, -0.05) is 0 Å². The highest BCUT2D eigenvalue weighted by Crippen LogP contribution is 2.25. The number of hydrogen-bond acceptors (Lipinski definition) is 5. The first-order valence-electron chi connectivity index (χ1n) is 9.98. The molecule has 0 aliphatic rings. The van der Waals surface area contributed by atoms with Crippen molar-refractivity contribution >= 4 is 44.7 Å². The summed E-state index contributed by atoms with van der Waals surface area (Å²) in [4.78, 5) is 12.8. The first-order valence-corrected chi connectivity index (χ1v) is 11.5. The smallest absolute Gasteiger partial charge is 0.262 e. The van der Waals surface area contributed by atoms with Crippen LogP contribution in [0, 0.1) is 11.6 Å². The molecule has 4 aromatic rings. The lowest BCUT2D eigenvalue weighted by Gasteiger charge is -2.09. The summed E-state index contributed by atoms with van der Waals surface area (Å²) in [6.07, 6.45) is 6.79. The van der Waals surface area contributed by atoms with Crippen LogP contribution in [0.25, 0.3) is 23.1 Å². The third-order valence-corrected chi connectivity index (χ3v) is 6.23. The van der Waals surface area contributed by atoms with Crippen LogP contribution in [0.4, 0.5) is 14.5 Å². The molecular weight excluding hydrogens is 466 g/mol. The quantitative estimate of drug-likeness (QED) is 0.417. The third-order valence-electron chi connectivity index (χ3n) is 4.87. The molecule has 0 saturated carbocycles. The molecule has 34 heavy (non-hydrogen) atoms. The van der Waals surface area contributed by atoms with Crippen molar-refractivity contribution in [3.8, 4) is 0 Å². The Kier molecular flexibility index (Phi) is 6.16. The highest BCUT2D eigenvalue weighted by Gasteiger charge is 2.17. The number of nitrogens with one attached hydrogen (secondary N) is 2. The van der Waals surface area contributed by atoms with E-state index in [1.165, 1.54) is 15.6 Å². The summed E-state index contributed by atoms with van der Waals surface area (Å²) >= 11 is 0. The van der Waals surface area contributed by atoms with E-state index >= 15 is 0 Å². The lowest BCUT2D eigenvalue weighted by molar-refractivity contribution is -0.129. The first kappa shape index (κ1) is 23.1. The molecule has 0 unspecified atom stereocenters. The normalized spacial score (nSPS) is 11.9. The van der Waals surface area contributed by atoms with Crippen LogP contribution in [-0.2, 0) is 21.4 Å². The van der Waals surface area contributed by atoms with Crippen molar-refractivity contribution in [2.75, 3.05) is 18.8 Å². The number of likely N-dealkylation sites (N-methyl/N-ethyl adjacent to an activating group) is 1. The van der Waals surface area contributed by atoms with E-state index in [4.69, 9.17) is 0 Å². The molecule has 2 aromatic carbocycles. The second-order valence-electron chi connectivity index (χ2n) is 7.67. The largest absolute Gasteiger partial charge is 0.347 e. The molecule has 0 atom stereocenters. The highest BCUT2D eigenvalue weighted by atomic mass is 32.2. The van der Waals surface area contributed by atoms with Gasteiger partial charge < -0.3 is 4.90 Å². The van der Waals surface area contributed by atoms with E-state index in [-0.39, 0.29) is 18.1 Å². The molecule has 0 bridgehead atoms. The average Bonchev–Trinajstić information content (AvgIpc) is 3.37. The average molecular weight is 487 g/mol. The SMILES string of the molecule is CN(C)C(=O)Cn1cc(/C=C/c2n[nH]c3ccc(NS(=O)(=O)c4cc(F)cc(F)c4)cc23)cn1. The predicted molar refractivity (Wildman–Crippen MR) is 123 cm³/mol. The number of hydrogen-bond donors (Lipinski definition) is 2. The molecule has 176 valence electrons. The summed E-state index contributed by atoms with van der Waals surface area (Å²) in [5.41, 5.74) is 2.13. The number of carbonyl (C=O) groups excluding carboxylic acids is 1. The van der Waals surface area contributed by atoms with Crippen LogP contribution in [0.5, 0.6) is 0 Å². The number of benzene rings is 2. The summed E-state index contributed by atoms with van der Waals surface area (Å²) in [6.45, 7) is 0.116. The van der Waals surface area contributed by atoms with E-state index in [1.54, 1.807) is 50.8 Å². The minimum Gasteiger partial charge on any atom is -0.347 e. The number of aromatic amines is 1. The molecule has 2 aromatic heterocycles. The lowest BCUT2D eigenvalue weighted by atomic mass is 10.1. The fourth-order valence-corrected chi connectivity index (χ4v) is 4.22. The standard InChI is InChI=1S/C22H20F2N6O3S/c1-29(2)22(31)13-30-12-14(11-25-30)3-5-20-19-10-17(4-6-21(19)27-26-20)28-34(32,33)18-8-15(23)7-16(24)9-18/h3-12,28H,13H2,1-2H3,(H,26,27)/b5-3+. The Balaban J connectivity index is 1.56. The number of rotatable bonds is 7. The second kappa shape index (κ2) is 9.06. The van der Waals surface area contributed by atoms with Crippen molar-refractivity contribution in [1.29, 1.82) is 0 Å². The Morgan fingerprint density at radius 3 is 2.59 bits per heavy atom. The molecule has 0 aliphatic heterocycles. The number of nitrogens with zero attached hydrogens (tertiary/aromatic N) is 4. The van der Waals surface area contributed by atoms with Gasteiger partial charge in [0.1, 0.15) is 18.2 Å². The van der Waals surface area contributed by atoms with Crippen LogP contribution in [0.15, 0.2) is 53.7 Å². The molecule has 0 aliphatic carbocycles. The molecule has 12 heteroatoms. The number of aromatic nitrogens is 4. The van der Waals surface area contributed by atoms with Crippen LogP contribution in [0.3, 0.4) is 0 Å². The van der Waals surface area contributed by atoms with Crippen molar-refractivity contribution in [2.24, 2.45) is 0 Å². The van der Waals surface area contributed by atoms with E-state index in [1.807, 2.05) is 0 Å². The summed E-state index contributed by atoms with van der Waals surface area (Å²) in [5, 5.41) is 11.9. The van der Waals surface area contributed by atoms with Crippen LogP contribution >= 0.6 is 0 Å². The Labute approximate surface area is 193 Å². The van der Waals surface area contributed by atoms with Crippen molar-refractivity contribution in [1.82, 2.24) is 24.9 Å². The Morgan fingerprint density at radius 1 is 1.15 bits per heavy atom. The van der Waals surface area contributed by atoms with Gasteiger partial charge in [0, 0.05) is 43.0 Å². The van der Waals surface area contributed by atoms with Gasteiger partial charge in [0.05, 0.1) is 22.3 Å². The van der Waals surface area contributed by atoms with Gasteiger partial charge in [-0.15, -0.1) is 0 Å². The predicted octanol–water partition coefficient (Wildman–Crippen LogP) is 3.10. The van der Waals surface area contributed by atoms with E-state index in [0.29, 0.717) is 22.7 Å². The number of anilines is 1. The zero-order chi connectivity index (χ0) is 24.5. The maximum absolute atomic E-state index is 13.5. The number of amides is 1. The van der Waals surface area contributed by atoms with Crippen LogP contribution in [-0.4, -0.2) is 53.3 Å². The molecule has 0 spiro atoms. The maximum atomic E-state index is 13.5. The Hall–Kier alpha value is -4.06. The lowest BCUT2D eigenvalue weighted by Crippen LogP contribution is -2.26. The van der Waals surface area contributed by atoms with Crippen LogP contribution < -0.4 is 4.72 Å². The van der Waals surface area contributed by atoms with Crippen molar-refractivity contribution < 1.29 is 22.0 Å². The summed E-state index contributed by atoms with van der Waals surface area (Å²) in [6, 6.07) is 6.77. The minimum atomic E-state index is -4.21. The minimum absolute atomic E-state index is 0.0899. The van der Waals surface area contributed by atoms with E-state index in [9.17, 15) is 22.0 Å². The number of halogens is 2. The van der Waals surface area contributed by atoms with Gasteiger partial charge in [-0.25, -0.2) is 17.2 Å². The highest BCUT2D eigenvalue weighted by molar-refractivity contribution is 7.92. The molecular formula is C22H20F2N6O3S. The van der Waals surface area contributed by atoms with E-state index < -0.39 is 26.6 Å². The van der Waals surface area contributed by atoms with E-state index in [0.717, 1.165) is 17.7 Å². The zero-order valence-electron chi connectivity index (χ0n) is 18.2. The molecule has 2 heterocycles. The third kappa shape index (κ3) is 5.12. The van der Waals surface area contributed by atoms with Gasteiger partial charge in [-0.05, 0) is 42.5 Å². The Bertz CT molecular complexity index is 1490. The zero-order valence-corrected chi connectivity index (χ0v) is 19.0. The fraction of sp³-hybridized carbons (Fsp3) is 0.136. The van der Waals surface area contributed by atoms with Crippen molar-refractivity contribution in [3.05, 3.63) is 71.7 Å². The van der Waals surface area contributed by atoms with Gasteiger partial charge in [0.15, 0.2) is 0 Å². The van der Waals surface area contributed by atoms with Crippen LogP contribution in [0.2, 0.25) is 0 Å². The molecule has 0 fully saturated rings. The molecule has 1 amide bonds. The number of fused-ring (bicyclic) bond motifs is 1. The van der Waals surface area contributed by atoms with Gasteiger partial charge >= 0.3 is 0 Å². The molecule has 2 N–H and O–H groups in total. The summed E-state index contributed by atoms with van der Waals surface area (Å²) in [5.74, 6) is -2.08. The number of sulfonamides is 1. The molecule has 4 rings (SSSR count). The van der Waals surface area contributed by atoms with Gasteiger partial charge in [-0.2, -0.15) is 10.2 Å². The van der Waals surface area contributed by atoms with Crippen molar-refractivity contribution in [2.45, 2.75) is 11.4 Å². The summed E-state index contributed by atoms with van der Waals surface area (Å²) < 4.78 is 55.9. The summed E-state index contributed by atoms with van der Waals surface area (Å²) in [7, 11) is -0.879. The molecule has 0 radical (unpaired) electrons. The molecule has 9 nitrogen and oxygen atoms in total. The topological polar surface area (TPSA) is 113 Å². The first-order chi connectivity index (χ1) is 16.1. The monoisotopic (exact) mass is 486 g/mol. The van der Waals surface area contributed by atoms with Crippen molar-refractivity contribution in [3.63, 3.8) is 0 Å². The second-order valence-corrected chi connectivity index (χ2v) is 9.36. The van der Waals surface area contributed by atoms with Gasteiger partial charge in [-0.3, -0.25) is 19.3 Å². The number of H-pyrrole nitrogens is 1. The van der Waals surface area contributed by atoms with Gasteiger partial charge in [0.25, 0.3) is 10.0 Å². The maximum Gasteiger partial charge on any atom is 0.262 e. The Morgan fingerprint density at radius 2 is 1.88 bits per heavy atom. The number of carbonyl (C=O) groups is 1. The fourth-order valence-electron chi connectivity index (χ4n) is 3.13. The van der Waals surface area contributed by atoms with Gasteiger partial charge in [0.2, 0.25) is 5.91 Å². The van der Waals surface area contributed by atoms with Crippen LogP contribution in [0.1, 0.15) is 11.3 Å². The molecule has 0 saturated heterocycles. The van der Waals surface area contributed by atoms with E-state index in [2.05, 4.69) is 20.0 Å².